The third-order valence-corrected chi connectivity index (χ3v) is 7.22. The molecule has 0 atom stereocenters. The highest BCUT2D eigenvalue weighted by molar-refractivity contribution is 7.89. The number of nitrogens with one attached hydrogen (secondary N) is 1. The topological polar surface area (TPSA) is 84.9 Å². The summed E-state index contributed by atoms with van der Waals surface area (Å²) in [6.45, 7) is 7.91. The quantitative estimate of drug-likeness (QED) is 0.658. The molecule has 0 aromatic heterocycles. The zero-order valence-electron chi connectivity index (χ0n) is 18.3. The Balaban J connectivity index is 1.75. The van der Waals surface area contributed by atoms with Crippen LogP contribution in [0.4, 0.5) is 5.69 Å². The normalized spacial score (nSPS) is 15.5. The molecule has 0 radical (unpaired) electrons. The molecule has 1 heterocycles. The first-order chi connectivity index (χ1) is 14.8. The summed E-state index contributed by atoms with van der Waals surface area (Å²) >= 11 is 0. The van der Waals surface area contributed by atoms with Crippen molar-refractivity contribution in [1.82, 2.24) is 4.31 Å². The standard InChI is InChI=1S/C23H30N2O5S/c1-4-29-19-8-11-22(30-5-2)21(16-19)24-23(26)18-6-9-20(10-7-18)31(27,28)25-14-12-17(3)13-15-25/h6-11,16-17H,4-5,12-15H2,1-3H3,(H,24,26). The van der Waals surface area contributed by atoms with Crippen LogP contribution < -0.4 is 14.8 Å². The van der Waals surface area contributed by atoms with Crippen LogP contribution in [0.2, 0.25) is 0 Å². The van der Waals surface area contributed by atoms with Crippen LogP contribution in [0.15, 0.2) is 47.4 Å². The van der Waals surface area contributed by atoms with Gasteiger partial charge in [0, 0.05) is 24.7 Å². The summed E-state index contributed by atoms with van der Waals surface area (Å²) in [5.41, 5.74) is 0.854. The second-order valence-electron chi connectivity index (χ2n) is 7.59. The van der Waals surface area contributed by atoms with Gasteiger partial charge in [0.25, 0.3) is 5.91 Å². The fourth-order valence-electron chi connectivity index (χ4n) is 3.49. The van der Waals surface area contributed by atoms with Gasteiger partial charge in [-0.1, -0.05) is 6.92 Å². The molecule has 3 rings (SSSR count). The molecule has 0 aliphatic carbocycles. The first-order valence-electron chi connectivity index (χ1n) is 10.7. The van der Waals surface area contributed by atoms with E-state index in [4.69, 9.17) is 9.47 Å². The number of amides is 1. The van der Waals surface area contributed by atoms with Crippen molar-refractivity contribution >= 4 is 21.6 Å². The van der Waals surface area contributed by atoms with Crippen LogP contribution in [-0.4, -0.2) is 44.9 Å². The first-order valence-corrected chi connectivity index (χ1v) is 12.1. The third kappa shape index (κ3) is 5.57. The molecule has 1 fully saturated rings. The molecule has 0 unspecified atom stereocenters. The lowest BCUT2D eigenvalue weighted by Gasteiger charge is -2.29. The maximum Gasteiger partial charge on any atom is 0.255 e. The molecule has 168 valence electrons. The number of benzene rings is 2. The van der Waals surface area contributed by atoms with Crippen molar-refractivity contribution < 1.29 is 22.7 Å². The second-order valence-corrected chi connectivity index (χ2v) is 9.53. The Bertz CT molecular complexity index is 997. The molecule has 7 nitrogen and oxygen atoms in total. The number of sulfonamides is 1. The van der Waals surface area contributed by atoms with Crippen molar-refractivity contribution in [3.8, 4) is 11.5 Å². The summed E-state index contributed by atoms with van der Waals surface area (Å²) in [5, 5.41) is 2.83. The molecule has 0 saturated carbocycles. The smallest absolute Gasteiger partial charge is 0.255 e. The van der Waals surface area contributed by atoms with Crippen molar-refractivity contribution in [2.24, 2.45) is 5.92 Å². The lowest BCUT2D eigenvalue weighted by Crippen LogP contribution is -2.37. The van der Waals surface area contributed by atoms with E-state index in [-0.39, 0.29) is 10.8 Å². The van der Waals surface area contributed by atoms with E-state index in [2.05, 4.69) is 12.2 Å². The predicted octanol–water partition coefficient (Wildman–Crippen LogP) is 4.16. The Morgan fingerprint density at radius 2 is 1.68 bits per heavy atom. The van der Waals surface area contributed by atoms with E-state index >= 15 is 0 Å². The van der Waals surface area contributed by atoms with Crippen LogP contribution in [0.3, 0.4) is 0 Å². The molecule has 1 saturated heterocycles. The van der Waals surface area contributed by atoms with Gasteiger partial charge in [0.15, 0.2) is 0 Å². The molecule has 1 aliphatic heterocycles. The molecule has 1 amide bonds. The number of hydrogen-bond acceptors (Lipinski definition) is 5. The Morgan fingerprint density at radius 3 is 2.29 bits per heavy atom. The maximum absolute atomic E-state index is 12.9. The zero-order valence-corrected chi connectivity index (χ0v) is 19.1. The van der Waals surface area contributed by atoms with E-state index in [0.717, 1.165) is 12.8 Å². The van der Waals surface area contributed by atoms with Crippen LogP contribution in [0.1, 0.15) is 44.0 Å². The van der Waals surface area contributed by atoms with Gasteiger partial charge in [0.2, 0.25) is 10.0 Å². The van der Waals surface area contributed by atoms with Crippen LogP contribution in [-0.2, 0) is 10.0 Å². The number of hydrogen-bond donors (Lipinski definition) is 1. The minimum absolute atomic E-state index is 0.201. The van der Waals surface area contributed by atoms with Gasteiger partial charge >= 0.3 is 0 Å². The number of nitrogens with zero attached hydrogens (tertiary/aromatic N) is 1. The van der Waals surface area contributed by atoms with Gasteiger partial charge in [0.1, 0.15) is 11.5 Å². The van der Waals surface area contributed by atoms with Gasteiger partial charge in [-0.2, -0.15) is 4.31 Å². The Hall–Kier alpha value is -2.58. The summed E-state index contributed by atoms with van der Waals surface area (Å²) in [7, 11) is -3.55. The van der Waals surface area contributed by atoms with E-state index in [1.165, 1.54) is 28.6 Å². The highest BCUT2D eigenvalue weighted by atomic mass is 32.2. The average molecular weight is 447 g/mol. The fourth-order valence-corrected chi connectivity index (χ4v) is 4.96. The Morgan fingerprint density at radius 1 is 1.03 bits per heavy atom. The molecule has 1 aliphatic rings. The molecule has 8 heteroatoms. The summed E-state index contributed by atoms with van der Waals surface area (Å²) in [6, 6.07) is 11.3. The minimum Gasteiger partial charge on any atom is -0.494 e. The zero-order chi connectivity index (χ0) is 22.4. The molecule has 0 spiro atoms. The van der Waals surface area contributed by atoms with E-state index in [1.54, 1.807) is 18.2 Å². The van der Waals surface area contributed by atoms with Gasteiger partial charge in [-0.25, -0.2) is 8.42 Å². The highest BCUT2D eigenvalue weighted by Gasteiger charge is 2.28. The van der Waals surface area contributed by atoms with Crippen molar-refractivity contribution in [3.63, 3.8) is 0 Å². The largest absolute Gasteiger partial charge is 0.494 e. The number of piperidine rings is 1. The van der Waals surface area contributed by atoms with E-state index in [9.17, 15) is 13.2 Å². The van der Waals surface area contributed by atoms with Crippen LogP contribution in [0.25, 0.3) is 0 Å². The molecule has 2 aromatic carbocycles. The van der Waals surface area contributed by atoms with Gasteiger partial charge in [0.05, 0.1) is 23.8 Å². The lowest BCUT2D eigenvalue weighted by molar-refractivity contribution is 0.102. The summed E-state index contributed by atoms with van der Waals surface area (Å²) in [4.78, 5) is 13.0. The Kier molecular flexibility index (Phi) is 7.56. The summed E-state index contributed by atoms with van der Waals surface area (Å²) in [5.74, 6) is 1.35. The fraction of sp³-hybridized carbons (Fsp3) is 0.435. The van der Waals surface area contributed by atoms with Crippen molar-refractivity contribution in [1.29, 1.82) is 0 Å². The van der Waals surface area contributed by atoms with Gasteiger partial charge < -0.3 is 14.8 Å². The van der Waals surface area contributed by atoms with E-state index in [1.807, 2.05) is 13.8 Å². The van der Waals surface area contributed by atoms with Crippen molar-refractivity contribution in [3.05, 3.63) is 48.0 Å². The molecule has 31 heavy (non-hydrogen) atoms. The average Bonchev–Trinajstić information content (AvgIpc) is 2.76. The van der Waals surface area contributed by atoms with Crippen molar-refractivity contribution in [2.75, 3.05) is 31.6 Å². The summed E-state index contributed by atoms with van der Waals surface area (Å²) < 4.78 is 38.4. The molecular weight excluding hydrogens is 416 g/mol. The van der Waals surface area contributed by atoms with E-state index in [0.29, 0.717) is 55.0 Å². The van der Waals surface area contributed by atoms with E-state index < -0.39 is 10.0 Å². The van der Waals surface area contributed by atoms with Crippen LogP contribution in [0.5, 0.6) is 11.5 Å². The van der Waals surface area contributed by atoms with Crippen LogP contribution >= 0.6 is 0 Å². The number of anilines is 1. The SMILES string of the molecule is CCOc1ccc(OCC)c(NC(=O)c2ccc(S(=O)(=O)N3CCC(C)CC3)cc2)c1. The predicted molar refractivity (Wildman–Crippen MR) is 120 cm³/mol. The molecule has 2 aromatic rings. The summed E-state index contributed by atoms with van der Waals surface area (Å²) in [6.07, 6.45) is 1.73. The monoisotopic (exact) mass is 446 g/mol. The number of ether oxygens (including phenoxy) is 2. The van der Waals surface area contributed by atoms with Gasteiger partial charge in [-0.3, -0.25) is 4.79 Å². The van der Waals surface area contributed by atoms with Gasteiger partial charge in [-0.05, 0) is 69.0 Å². The molecule has 1 N–H and O–H groups in total. The first kappa shape index (κ1) is 23.1. The number of carbonyl (C=O) groups is 1. The number of carbonyl (C=O) groups excluding carboxylic acids is 1. The third-order valence-electron chi connectivity index (χ3n) is 5.31. The number of rotatable bonds is 8. The van der Waals surface area contributed by atoms with Crippen molar-refractivity contribution in [2.45, 2.75) is 38.5 Å². The lowest BCUT2D eigenvalue weighted by atomic mass is 10.0. The maximum atomic E-state index is 12.9. The molecule has 0 bridgehead atoms. The molecular formula is C23H30N2O5S. The van der Waals surface area contributed by atoms with Crippen LogP contribution in [0, 0.1) is 5.92 Å². The van der Waals surface area contributed by atoms with Gasteiger partial charge in [-0.15, -0.1) is 0 Å². The second kappa shape index (κ2) is 10.2. The minimum atomic E-state index is -3.55. The highest BCUT2D eigenvalue weighted by Crippen LogP contribution is 2.30. The Labute approximate surface area is 184 Å².